The molecule has 0 spiro atoms. The molecule has 96 valence electrons. The van der Waals surface area contributed by atoms with Crippen LogP contribution in [0.2, 0.25) is 0 Å². The van der Waals surface area contributed by atoms with Crippen LogP contribution in [-0.2, 0) is 11.2 Å². The van der Waals surface area contributed by atoms with Crippen LogP contribution >= 0.6 is 0 Å². The van der Waals surface area contributed by atoms with E-state index in [9.17, 15) is 9.90 Å². The van der Waals surface area contributed by atoms with Gasteiger partial charge in [0.1, 0.15) is 0 Å². The van der Waals surface area contributed by atoms with Gasteiger partial charge in [0.2, 0.25) is 0 Å². The summed E-state index contributed by atoms with van der Waals surface area (Å²) in [6.07, 6.45) is 4.60. The number of aliphatic carboxylic acids is 1. The number of para-hydroxylation sites is 1. The Labute approximate surface area is 107 Å². The Bertz CT molecular complexity index is 454. The summed E-state index contributed by atoms with van der Waals surface area (Å²) in [5.41, 5.74) is 2.43. The van der Waals surface area contributed by atoms with Crippen LogP contribution in [0, 0.1) is 11.8 Å². The van der Waals surface area contributed by atoms with Crippen molar-refractivity contribution in [1.29, 1.82) is 0 Å². The first-order valence-electron chi connectivity index (χ1n) is 6.79. The Balaban J connectivity index is 1.79. The van der Waals surface area contributed by atoms with Crippen molar-refractivity contribution in [3.63, 3.8) is 0 Å². The first kappa shape index (κ1) is 11.6. The topological polar surface area (TPSA) is 40.5 Å². The maximum Gasteiger partial charge on any atom is 0.308 e. The highest BCUT2D eigenvalue weighted by Gasteiger charge is 2.30. The average molecular weight is 245 g/mol. The summed E-state index contributed by atoms with van der Waals surface area (Å²) in [6.45, 7) is 1.67. The quantitative estimate of drug-likeness (QED) is 0.886. The molecule has 1 aromatic carbocycles. The van der Waals surface area contributed by atoms with Crippen molar-refractivity contribution in [2.75, 3.05) is 18.0 Å². The number of nitrogens with zero attached hydrogens (tertiary/aromatic N) is 1. The SMILES string of the molecule is O=C(O)C1Cc2ccccc2N(CCC2CC2)C1. The van der Waals surface area contributed by atoms with Crippen molar-refractivity contribution in [2.24, 2.45) is 11.8 Å². The van der Waals surface area contributed by atoms with Gasteiger partial charge in [-0.15, -0.1) is 0 Å². The van der Waals surface area contributed by atoms with Crippen LogP contribution in [0.25, 0.3) is 0 Å². The number of hydrogen-bond donors (Lipinski definition) is 1. The van der Waals surface area contributed by atoms with Gasteiger partial charge in [0.15, 0.2) is 0 Å². The Hall–Kier alpha value is -1.51. The zero-order valence-corrected chi connectivity index (χ0v) is 10.5. The second-order valence-electron chi connectivity index (χ2n) is 5.55. The van der Waals surface area contributed by atoms with E-state index in [0.29, 0.717) is 13.0 Å². The van der Waals surface area contributed by atoms with Crippen LogP contribution in [0.5, 0.6) is 0 Å². The third kappa shape index (κ3) is 2.35. The highest BCUT2D eigenvalue weighted by atomic mass is 16.4. The van der Waals surface area contributed by atoms with Gasteiger partial charge in [0.25, 0.3) is 0 Å². The molecule has 1 saturated carbocycles. The molecule has 1 heterocycles. The van der Waals surface area contributed by atoms with E-state index in [4.69, 9.17) is 0 Å². The van der Waals surface area contributed by atoms with Crippen LogP contribution in [0.3, 0.4) is 0 Å². The van der Waals surface area contributed by atoms with Gasteiger partial charge in [-0.3, -0.25) is 4.79 Å². The molecule has 1 fully saturated rings. The van der Waals surface area contributed by atoms with Gasteiger partial charge in [-0.1, -0.05) is 31.0 Å². The largest absolute Gasteiger partial charge is 0.481 e. The summed E-state index contributed by atoms with van der Waals surface area (Å²) in [5.74, 6) is -0.0256. The molecule has 3 nitrogen and oxygen atoms in total. The van der Waals surface area contributed by atoms with E-state index in [1.807, 2.05) is 12.1 Å². The number of fused-ring (bicyclic) bond motifs is 1. The molecule has 1 atom stereocenters. The van der Waals surface area contributed by atoms with E-state index in [0.717, 1.165) is 12.5 Å². The summed E-state index contributed by atoms with van der Waals surface area (Å²) >= 11 is 0. The monoisotopic (exact) mass is 245 g/mol. The summed E-state index contributed by atoms with van der Waals surface area (Å²) in [5, 5.41) is 9.24. The first-order valence-corrected chi connectivity index (χ1v) is 6.79. The van der Waals surface area contributed by atoms with Gasteiger partial charge >= 0.3 is 5.97 Å². The average Bonchev–Trinajstić information content (AvgIpc) is 3.19. The van der Waals surface area contributed by atoms with Gasteiger partial charge in [-0.2, -0.15) is 0 Å². The molecule has 2 aliphatic rings. The van der Waals surface area contributed by atoms with E-state index in [-0.39, 0.29) is 5.92 Å². The molecule has 0 aromatic heterocycles. The standard InChI is InChI=1S/C15H19NO2/c17-15(18)13-9-12-3-1-2-4-14(12)16(10-13)8-7-11-5-6-11/h1-4,11,13H,5-10H2,(H,17,18). The highest BCUT2D eigenvalue weighted by molar-refractivity contribution is 5.73. The minimum Gasteiger partial charge on any atom is -0.481 e. The summed E-state index contributed by atoms with van der Waals surface area (Å²) in [7, 11) is 0. The van der Waals surface area contributed by atoms with Gasteiger partial charge in [-0.05, 0) is 30.4 Å². The predicted octanol–water partition coefficient (Wildman–Crippen LogP) is 2.55. The Morgan fingerprint density at radius 3 is 2.83 bits per heavy atom. The highest BCUT2D eigenvalue weighted by Crippen LogP contribution is 2.35. The fraction of sp³-hybridized carbons (Fsp3) is 0.533. The van der Waals surface area contributed by atoms with Crippen LogP contribution in [0.1, 0.15) is 24.8 Å². The van der Waals surface area contributed by atoms with Crippen molar-refractivity contribution < 1.29 is 9.90 Å². The molecule has 3 rings (SSSR count). The summed E-state index contributed by atoms with van der Waals surface area (Å²) < 4.78 is 0. The number of carboxylic acids is 1. The van der Waals surface area contributed by atoms with Crippen molar-refractivity contribution in [2.45, 2.75) is 25.7 Å². The molecular weight excluding hydrogens is 226 g/mol. The third-order valence-corrected chi connectivity index (χ3v) is 4.09. The number of hydrogen-bond acceptors (Lipinski definition) is 2. The molecule has 0 saturated heterocycles. The Kier molecular flexibility index (Phi) is 2.98. The van der Waals surface area contributed by atoms with Gasteiger partial charge in [0, 0.05) is 18.8 Å². The minimum absolute atomic E-state index is 0.251. The van der Waals surface area contributed by atoms with Crippen molar-refractivity contribution >= 4 is 11.7 Å². The van der Waals surface area contributed by atoms with Gasteiger partial charge in [-0.25, -0.2) is 0 Å². The van der Waals surface area contributed by atoms with E-state index in [1.165, 1.54) is 30.5 Å². The molecule has 1 N–H and O–H groups in total. The number of anilines is 1. The molecule has 3 heteroatoms. The van der Waals surface area contributed by atoms with Crippen molar-refractivity contribution in [1.82, 2.24) is 0 Å². The third-order valence-electron chi connectivity index (χ3n) is 4.09. The first-order chi connectivity index (χ1) is 8.74. The number of benzene rings is 1. The predicted molar refractivity (Wildman–Crippen MR) is 70.8 cm³/mol. The molecular formula is C15H19NO2. The summed E-state index contributed by atoms with van der Waals surface area (Å²) in [4.78, 5) is 13.5. The Morgan fingerprint density at radius 2 is 2.11 bits per heavy atom. The molecule has 0 amide bonds. The maximum atomic E-state index is 11.2. The second kappa shape index (κ2) is 4.63. The minimum atomic E-state index is -0.666. The Morgan fingerprint density at radius 1 is 1.33 bits per heavy atom. The number of carbonyl (C=O) groups is 1. The molecule has 1 aromatic rings. The molecule has 0 radical (unpaired) electrons. The van der Waals surface area contributed by atoms with Gasteiger partial charge in [0.05, 0.1) is 5.92 Å². The van der Waals surface area contributed by atoms with Crippen LogP contribution in [-0.4, -0.2) is 24.2 Å². The smallest absolute Gasteiger partial charge is 0.308 e. The van der Waals surface area contributed by atoms with E-state index in [2.05, 4.69) is 17.0 Å². The van der Waals surface area contributed by atoms with Crippen molar-refractivity contribution in [3.8, 4) is 0 Å². The molecule has 0 bridgehead atoms. The zero-order chi connectivity index (χ0) is 12.5. The molecule has 1 unspecified atom stereocenters. The number of rotatable bonds is 4. The maximum absolute atomic E-state index is 11.2. The fourth-order valence-corrected chi connectivity index (χ4v) is 2.81. The van der Waals surface area contributed by atoms with Gasteiger partial charge < -0.3 is 10.0 Å². The van der Waals surface area contributed by atoms with E-state index in [1.54, 1.807) is 0 Å². The van der Waals surface area contributed by atoms with E-state index >= 15 is 0 Å². The normalized spacial score (nSPS) is 22.7. The second-order valence-corrected chi connectivity index (χ2v) is 5.55. The fourth-order valence-electron chi connectivity index (χ4n) is 2.81. The lowest BCUT2D eigenvalue weighted by atomic mass is 9.92. The summed E-state index contributed by atoms with van der Waals surface area (Å²) in [6, 6.07) is 8.24. The molecule has 18 heavy (non-hydrogen) atoms. The van der Waals surface area contributed by atoms with Crippen LogP contribution in [0.15, 0.2) is 24.3 Å². The lowest BCUT2D eigenvalue weighted by Crippen LogP contribution is -2.39. The lowest BCUT2D eigenvalue weighted by Gasteiger charge is -2.34. The van der Waals surface area contributed by atoms with Crippen LogP contribution in [0.4, 0.5) is 5.69 Å². The molecule has 1 aliphatic heterocycles. The number of carboxylic acid groups (broad SMARTS) is 1. The zero-order valence-electron chi connectivity index (χ0n) is 10.5. The molecule has 1 aliphatic carbocycles. The lowest BCUT2D eigenvalue weighted by molar-refractivity contribution is -0.141. The van der Waals surface area contributed by atoms with Crippen LogP contribution < -0.4 is 4.90 Å². The van der Waals surface area contributed by atoms with Crippen molar-refractivity contribution in [3.05, 3.63) is 29.8 Å². The van der Waals surface area contributed by atoms with E-state index < -0.39 is 5.97 Å².